The van der Waals surface area contributed by atoms with Crippen LogP contribution >= 0.6 is 0 Å². The van der Waals surface area contributed by atoms with Crippen LogP contribution in [0.4, 0.5) is 0 Å². The van der Waals surface area contributed by atoms with Crippen LogP contribution in [0.15, 0.2) is 17.1 Å². The largest absolute Gasteiger partial charge is 0.463 e. The molecular formula is C31H46N6O7. The summed E-state index contributed by atoms with van der Waals surface area (Å²) in [5, 5.41) is 32.0. The highest BCUT2D eigenvalue weighted by Gasteiger charge is 2.59. The topological polar surface area (TPSA) is 213 Å². The molecule has 242 valence electrons. The van der Waals surface area contributed by atoms with Crippen LogP contribution in [-0.2, 0) is 34.2 Å². The van der Waals surface area contributed by atoms with Gasteiger partial charge >= 0.3 is 11.9 Å². The van der Waals surface area contributed by atoms with E-state index < -0.39 is 41.9 Å². The molecule has 6 N–H and O–H groups in total. The summed E-state index contributed by atoms with van der Waals surface area (Å²) >= 11 is 0. The number of ether oxygens (including phenoxy) is 3. The number of aliphatic imine (C=N–C) groups is 1. The number of aliphatic hydroxyl groups excluding tert-OH is 1. The molecule has 1 aliphatic carbocycles. The molecule has 1 saturated heterocycles. The number of nitrogens with one attached hydrogen (secondary N) is 3. The van der Waals surface area contributed by atoms with E-state index in [9.17, 15) is 24.8 Å². The number of aliphatic hydroxyl groups is 1. The maximum Gasteiger partial charge on any atom is 0.323 e. The van der Waals surface area contributed by atoms with E-state index in [1.807, 2.05) is 19.9 Å². The number of rotatable bonds is 12. The average molecular weight is 615 g/mol. The monoisotopic (exact) mass is 614 g/mol. The summed E-state index contributed by atoms with van der Waals surface area (Å²) in [7, 11) is 0. The number of H-pyrrole nitrogens is 1. The number of aromatic amines is 1. The number of amidine groups is 1. The van der Waals surface area contributed by atoms with Gasteiger partial charge in [0.25, 0.3) is 0 Å². The Balaban J connectivity index is 1.88. The van der Waals surface area contributed by atoms with E-state index in [1.54, 1.807) is 20.8 Å². The van der Waals surface area contributed by atoms with E-state index in [4.69, 9.17) is 25.4 Å². The zero-order chi connectivity index (χ0) is 32.6. The first-order valence-electron chi connectivity index (χ1n) is 15.3. The first kappa shape index (κ1) is 34.9. The van der Waals surface area contributed by atoms with Crippen LogP contribution in [0.1, 0.15) is 84.5 Å². The first-order chi connectivity index (χ1) is 20.8. The zero-order valence-electron chi connectivity index (χ0n) is 26.2. The summed E-state index contributed by atoms with van der Waals surface area (Å²) in [6.45, 7) is 8.70. The molecule has 2 fully saturated rings. The van der Waals surface area contributed by atoms with E-state index in [1.165, 1.54) is 12.1 Å². The number of amides is 1. The van der Waals surface area contributed by atoms with E-state index in [0.29, 0.717) is 0 Å². The normalized spacial score (nSPS) is 25.7. The number of carbonyl (C=O) groups is 3. The minimum atomic E-state index is -2.07. The SMILES string of the molecule is CC(C)[C@H](C)C(=O)NC(=NC=N)c1ccc([C@]2(C#N)O[C@H](COC(=O)CC3CCCCC3)[C@@H](OC(=O)[C@@H](N)C(C)C)[C@H]2O)[nH]1. The standard InChI is InChI=1S/C31H46N6O7/c1-17(2)19(5)29(40)37-28(35-16-33)21-11-12-23(36-21)31(15-32)27(39)26(43-30(41)25(34)18(3)4)22(44-31)14-42-24(38)13-20-9-7-6-8-10-20/h11-12,16-20,22,25-27,36,39H,6-10,13-14,34H2,1-5H3,(H2,33,35,37,40)/t19-,22+,25-,26+,27+,31-/m0/s1. The van der Waals surface area contributed by atoms with Crippen LogP contribution in [0.5, 0.6) is 0 Å². The Morgan fingerprint density at radius 1 is 1.23 bits per heavy atom. The van der Waals surface area contributed by atoms with Gasteiger partial charge in [0.05, 0.1) is 11.4 Å². The smallest absolute Gasteiger partial charge is 0.323 e. The van der Waals surface area contributed by atoms with Crippen LogP contribution in [0.3, 0.4) is 0 Å². The second-order valence-corrected chi connectivity index (χ2v) is 12.4. The van der Waals surface area contributed by atoms with Crippen molar-refractivity contribution < 1.29 is 33.7 Å². The molecule has 13 heteroatoms. The molecule has 0 spiro atoms. The molecule has 0 bridgehead atoms. The Labute approximate surface area is 258 Å². The van der Waals surface area contributed by atoms with Crippen molar-refractivity contribution in [3.8, 4) is 6.07 Å². The Morgan fingerprint density at radius 2 is 1.91 bits per heavy atom. The predicted octanol–water partition coefficient (Wildman–Crippen LogP) is 2.66. The molecule has 6 atom stereocenters. The summed E-state index contributed by atoms with van der Waals surface area (Å²) in [5.74, 6) is -1.84. The summed E-state index contributed by atoms with van der Waals surface area (Å²) < 4.78 is 17.2. The number of nitrogens with two attached hydrogens (primary N) is 1. The summed E-state index contributed by atoms with van der Waals surface area (Å²) in [4.78, 5) is 45.2. The van der Waals surface area contributed by atoms with Crippen LogP contribution in [0.25, 0.3) is 0 Å². The molecule has 0 unspecified atom stereocenters. The van der Waals surface area contributed by atoms with E-state index in [-0.39, 0.29) is 59.8 Å². The fraction of sp³-hybridized carbons (Fsp3) is 0.677. The Bertz CT molecular complexity index is 1250. The molecule has 1 aliphatic heterocycles. The van der Waals surface area contributed by atoms with Gasteiger partial charge in [-0.15, -0.1) is 0 Å². The maximum atomic E-state index is 12.8. The highest BCUT2D eigenvalue weighted by molar-refractivity contribution is 6.09. The van der Waals surface area contributed by atoms with E-state index >= 15 is 0 Å². The van der Waals surface area contributed by atoms with E-state index in [0.717, 1.165) is 38.4 Å². The third-order valence-electron chi connectivity index (χ3n) is 8.62. The summed E-state index contributed by atoms with van der Waals surface area (Å²) in [6.07, 6.45) is 1.93. The van der Waals surface area contributed by atoms with Crippen molar-refractivity contribution >= 4 is 30.0 Å². The lowest BCUT2D eigenvalue weighted by Crippen LogP contribution is -2.46. The fourth-order valence-electron chi connectivity index (χ4n) is 5.32. The lowest BCUT2D eigenvalue weighted by atomic mass is 9.87. The van der Waals surface area contributed by atoms with Gasteiger partial charge < -0.3 is 35.4 Å². The van der Waals surface area contributed by atoms with Crippen molar-refractivity contribution in [1.82, 2.24) is 10.3 Å². The fourth-order valence-corrected chi connectivity index (χ4v) is 5.32. The van der Waals surface area contributed by atoms with Crippen LogP contribution < -0.4 is 11.1 Å². The molecule has 2 aliphatic rings. The Hall–Kier alpha value is -3.60. The zero-order valence-corrected chi connectivity index (χ0v) is 26.2. The molecule has 0 radical (unpaired) electrons. The van der Waals surface area contributed by atoms with Crippen LogP contribution in [-0.4, -0.2) is 71.1 Å². The molecule has 1 saturated carbocycles. The Kier molecular flexibility index (Phi) is 12.2. The van der Waals surface area contributed by atoms with Crippen molar-refractivity contribution in [3.63, 3.8) is 0 Å². The number of aromatic nitrogens is 1. The summed E-state index contributed by atoms with van der Waals surface area (Å²) in [6, 6.07) is 3.99. The van der Waals surface area contributed by atoms with Gasteiger partial charge in [-0.05, 0) is 42.7 Å². The highest BCUT2D eigenvalue weighted by Crippen LogP contribution is 2.41. The third-order valence-corrected chi connectivity index (χ3v) is 8.62. The number of hydrogen-bond acceptors (Lipinski definition) is 10. The van der Waals surface area contributed by atoms with Gasteiger partial charge in [-0.25, -0.2) is 4.99 Å². The minimum Gasteiger partial charge on any atom is -0.463 e. The number of nitrogens with zero attached hydrogens (tertiary/aromatic N) is 2. The van der Waals surface area contributed by atoms with Crippen molar-refractivity contribution in [2.75, 3.05) is 6.61 Å². The van der Waals surface area contributed by atoms with Gasteiger partial charge in [0.2, 0.25) is 11.5 Å². The molecule has 1 aromatic rings. The quantitative estimate of drug-likeness (QED) is 0.133. The molecule has 13 nitrogen and oxygen atoms in total. The second-order valence-electron chi connectivity index (χ2n) is 12.4. The summed E-state index contributed by atoms with van der Waals surface area (Å²) in [5.41, 5.74) is 4.25. The second kappa shape index (κ2) is 15.4. The number of hydrogen-bond donors (Lipinski definition) is 5. The van der Waals surface area contributed by atoms with Gasteiger partial charge in [0, 0.05) is 12.3 Å². The van der Waals surface area contributed by atoms with Crippen molar-refractivity contribution in [2.24, 2.45) is 34.4 Å². The maximum absolute atomic E-state index is 12.8. The van der Waals surface area contributed by atoms with Crippen LogP contribution in [0, 0.1) is 40.4 Å². The molecule has 1 aromatic heterocycles. The van der Waals surface area contributed by atoms with Crippen molar-refractivity contribution in [1.29, 1.82) is 10.7 Å². The van der Waals surface area contributed by atoms with Gasteiger partial charge in [-0.3, -0.25) is 19.8 Å². The van der Waals surface area contributed by atoms with Gasteiger partial charge in [0.15, 0.2) is 11.9 Å². The van der Waals surface area contributed by atoms with Crippen LogP contribution in [0.2, 0.25) is 0 Å². The van der Waals surface area contributed by atoms with Gasteiger partial charge in [-0.2, -0.15) is 5.26 Å². The van der Waals surface area contributed by atoms with Crippen molar-refractivity contribution in [3.05, 3.63) is 23.5 Å². The minimum absolute atomic E-state index is 0.0309. The third kappa shape index (κ3) is 8.11. The number of esters is 2. The first-order valence-corrected chi connectivity index (χ1v) is 15.3. The lowest BCUT2D eigenvalue weighted by molar-refractivity contribution is -0.162. The molecule has 44 heavy (non-hydrogen) atoms. The lowest BCUT2D eigenvalue weighted by Gasteiger charge is -2.25. The van der Waals surface area contributed by atoms with Gasteiger partial charge in [0.1, 0.15) is 37.3 Å². The number of carbonyl (C=O) groups excluding carboxylic acids is 3. The highest BCUT2D eigenvalue weighted by atomic mass is 16.6. The Morgan fingerprint density at radius 3 is 2.50 bits per heavy atom. The molecule has 1 amide bonds. The molecular weight excluding hydrogens is 568 g/mol. The van der Waals surface area contributed by atoms with E-state index in [2.05, 4.69) is 15.3 Å². The average Bonchev–Trinajstić information content (AvgIpc) is 3.59. The molecule has 3 rings (SSSR count). The van der Waals surface area contributed by atoms with Gasteiger partial charge in [-0.1, -0.05) is 53.9 Å². The molecule has 2 heterocycles. The number of nitriles is 1. The predicted molar refractivity (Wildman–Crippen MR) is 161 cm³/mol. The van der Waals surface area contributed by atoms with Crippen molar-refractivity contribution in [2.45, 2.75) is 103 Å². The molecule has 0 aromatic carbocycles.